The van der Waals surface area contributed by atoms with Gasteiger partial charge in [0.05, 0.1) is 0 Å². The van der Waals surface area contributed by atoms with Crippen LogP contribution in [0.2, 0.25) is 0 Å². The van der Waals surface area contributed by atoms with Crippen LogP contribution >= 0.6 is 0 Å². The van der Waals surface area contributed by atoms with Gasteiger partial charge in [-0.15, -0.1) is 0 Å². The Hall–Kier alpha value is 1.20. The zero-order chi connectivity index (χ0) is 5.11. The molecular weight excluding hydrogens is 161 g/mol. The molecule has 0 aromatic heterocycles. The van der Waals surface area contributed by atoms with E-state index in [0.717, 1.165) is 5.46 Å². The number of rotatable bonds is 0. The number of benzene rings is 1. The molecule has 0 fully saturated rings. The first-order chi connectivity index (χ1) is 3.39. The molecule has 0 atom stereocenters. The van der Waals surface area contributed by atoms with Crippen LogP contribution in [0.1, 0.15) is 2.85 Å². The van der Waals surface area contributed by atoms with E-state index in [4.69, 9.17) is 7.85 Å². The fraction of sp³-hybridized carbons (Fsp3) is 0. The van der Waals surface area contributed by atoms with E-state index in [1.165, 1.54) is 0 Å². The summed E-state index contributed by atoms with van der Waals surface area (Å²) in [6.45, 7) is 0. The van der Waals surface area contributed by atoms with Crippen LogP contribution in [-0.2, 0) is 0 Å². The van der Waals surface area contributed by atoms with Crippen LogP contribution in [0.25, 0.3) is 0 Å². The maximum absolute atomic E-state index is 5.36. The Labute approximate surface area is 115 Å². The molecule has 0 aliphatic heterocycles. The minimum atomic E-state index is 0. The summed E-state index contributed by atoms with van der Waals surface area (Å²) in [6.07, 6.45) is 0. The van der Waals surface area contributed by atoms with Gasteiger partial charge < -0.3 is 13.8 Å². The van der Waals surface area contributed by atoms with Crippen molar-refractivity contribution >= 4 is 13.3 Å². The van der Waals surface area contributed by atoms with E-state index in [1.807, 2.05) is 30.3 Å². The van der Waals surface area contributed by atoms with Gasteiger partial charge in [-0.25, -0.2) is 0 Å². The SMILES string of the molecule is O.O.[B]c1ccccc1.[H-].[H-].[Na+].[Na+]. The maximum Gasteiger partial charge on any atom is 1.00 e. The van der Waals surface area contributed by atoms with E-state index in [2.05, 4.69) is 0 Å². The van der Waals surface area contributed by atoms with Crippen molar-refractivity contribution in [3.05, 3.63) is 30.3 Å². The van der Waals surface area contributed by atoms with E-state index in [-0.39, 0.29) is 72.9 Å². The van der Waals surface area contributed by atoms with Crippen LogP contribution in [0.15, 0.2) is 30.3 Å². The molecular formula is C6H11BNa2O2. The van der Waals surface area contributed by atoms with Crippen molar-refractivity contribution in [2.75, 3.05) is 0 Å². The normalized spacial score (nSPS) is 5.45. The monoisotopic (exact) mass is 172 g/mol. The van der Waals surface area contributed by atoms with E-state index >= 15 is 0 Å². The molecule has 0 spiro atoms. The standard InChI is InChI=1S/C6H5B.2Na.2H2O.2H/c7-6-4-2-1-3-5-6;;;;;;/h1-5H;;;2*1H2;;/q;2*+1;;;2*-1. The van der Waals surface area contributed by atoms with Crippen molar-refractivity contribution in [2.24, 2.45) is 0 Å². The zero-order valence-corrected chi connectivity index (χ0v) is 11.0. The second-order valence-corrected chi connectivity index (χ2v) is 1.41. The number of hydrogen-bond donors (Lipinski definition) is 0. The van der Waals surface area contributed by atoms with Crippen LogP contribution in [0.5, 0.6) is 0 Å². The predicted octanol–water partition coefficient (Wildman–Crippen LogP) is -6.94. The van der Waals surface area contributed by atoms with Crippen LogP contribution in [-0.4, -0.2) is 18.8 Å². The third-order valence-corrected chi connectivity index (χ3v) is 0.800. The fourth-order valence-corrected chi connectivity index (χ4v) is 0.453. The Morgan fingerprint density at radius 3 is 1.45 bits per heavy atom. The average Bonchev–Trinajstić information content (AvgIpc) is 1.69. The van der Waals surface area contributed by atoms with Crippen molar-refractivity contribution in [2.45, 2.75) is 0 Å². The summed E-state index contributed by atoms with van der Waals surface area (Å²) in [5.74, 6) is 0. The van der Waals surface area contributed by atoms with Crippen LogP contribution < -0.4 is 64.6 Å². The summed E-state index contributed by atoms with van der Waals surface area (Å²) in [7, 11) is 5.36. The minimum absolute atomic E-state index is 0. The van der Waals surface area contributed by atoms with Gasteiger partial charge in [-0.3, -0.25) is 0 Å². The van der Waals surface area contributed by atoms with Gasteiger partial charge in [-0.05, 0) is 0 Å². The first-order valence-corrected chi connectivity index (χ1v) is 2.20. The molecule has 52 valence electrons. The summed E-state index contributed by atoms with van der Waals surface area (Å²) in [6, 6.07) is 9.49. The molecule has 11 heavy (non-hydrogen) atoms. The third-order valence-electron chi connectivity index (χ3n) is 0.800. The third kappa shape index (κ3) is 11.2. The van der Waals surface area contributed by atoms with E-state index in [9.17, 15) is 0 Å². The molecule has 0 aliphatic rings. The van der Waals surface area contributed by atoms with Gasteiger partial charge in [0.2, 0.25) is 0 Å². The van der Waals surface area contributed by atoms with Gasteiger partial charge in [0.25, 0.3) is 0 Å². The Kier molecular flexibility index (Phi) is 28.5. The molecule has 5 heteroatoms. The molecule has 0 saturated heterocycles. The fourth-order valence-electron chi connectivity index (χ4n) is 0.453. The second-order valence-electron chi connectivity index (χ2n) is 1.41. The molecule has 1 rings (SSSR count). The van der Waals surface area contributed by atoms with Gasteiger partial charge >= 0.3 is 59.1 Å². The van der Waals surface area contributed by atoms with E-state index in [0.29, 0.717) is 0 Å². The molecule has 2 radical (unpaired) electrons. The molecule has 0 heterocycles. The van der Waals surface area contributed by atoms with E-state index in [1.54, 1.807) is 0 Å². The first kappa shape index (κ1) is 22.8. The molecule has 0 amide bonds. The summed E-state index contributed by atoms with van der Waals surface area (Å²) < 4.78 is 0. The predicted molar refractivity (Wildman–Crippen MR) is 41.3 cm³/mol. The van der Waals surface area contributed by atoms with Gasteiger partial charge in [0.1, 0.15) is 7.85 Å². The van der Waals surface area contributed by atoms with Crippen molar-refractivity contribution in [1.29, 1.82) is 0 Å². The Bertz CT molecular complexity index is 157. The molecule has 1 aromatic rings. The van der Waals surface area contributed by atoms with Gasteiger partial charge in [-0.2, -0.15) is 0 Å². The van der Waals surface area contributed by atoms with Crippen molar-refractivity contribution in [3.8, 4) is 0 Å². The van der Waals surface area contributed by atoms with Gasteiger partial charge in [-0.1, -0.05) is 35.8 Å². The second kappa shape index (κ2) is 13.8. The summed E-state index contributed by atoms with van der Waals surface area (Å²) in [5.41, 5.74) is 0.822. The average molecular weight is 172 g/mol. The largest absolute Gasteiger partial charge is 1.00 e. The van der Waals surface area contributed by atoms with Crippen LogP contribution in [0.3, 0.4) is 0 Å². The molecule has 0 saturated carbocycles. The smallest absolute Gasteiger partial charge is 1.00 e. The molecule has 0 unspecified atom stereocenters. The molecule has 2 nitrogen and oxygen atoms in total. The minimum Gasteiger partial charge on any atom is -1.00 e. The molecule has 0 bridgehead atoms. The van der Waals surface area contributed by atoms with Gasteiger partial charge in [0, 0.05) is 0 Å². The molecule has 4 N–H and O–H groups in total. The maximum atomic E-state index is 5.36. The van der Waals surface area contributed by atoms with E-state index < -0.39 is 0 Å². The van der Waals surface area contributed by atoms with Crippen molar-refractivity contribution < 1.29 is 72.9 Å². The van der Waals surface area contributed by atoms with Crippen molar-refractivity contribution in [3.63, 3.8) is 0 Å². The summed E-state index contributed by atoms with van der Waals surface area (Å²) in [5, 5.41) is 0. The number of hydrogen-bond acceptors (Lipinski definition) is 0. The topological polar surface area (TPSA) is 63.0 Å². The molecule has 1 aromatic carbocycles. The van der Waals surface area contributed by atoms with Crippen LogP contribution in [0, 0.1) is 0 Å². The molecule has 0 aliphatic carbocycles. The quantitative estimate of drug-likeness (QED) is 0.349. The van der Waals surface area contributed by atoms with Gasteiger partial charge in [0.15, 0.2) is 0 Å². The van der Waals surface area contributed by atoms with Crippen molar-refractivity contribution in [1.82, 2.24) is 0 Å². The zero-order valence-electron chi connectivity index (χ0n) is 8.96. The Balaban J connectivity index is -0.0000000204. The summed E-state index contributed by atoms with van der Waals surface area (Å²) in [4.78, 5) is 0. The first-order valence-electron chi connectivity index (χ1n) is 2.20. The van der Waals surface area contributed by atoms with Crippen LogP contribution in [0.4, 0.5) is 0 Å². The Morgan fingerprint density at radius 1 is 0.909 bits per heavy atom. The Morgan fingerprint density at radius 2 is 1.27 bits per heavy atom. The summed E-state index contributed by atoms with van der Waals surface area (Å²) >= 11 is 0.